The van der Waals surface area contributed by atoms with E-state index in [0.29, 0.717) is 5.69 Å². The van der Waals surface area contributed by atoms with E-state index in [0.717, 1.165) is 16.3 Å². The van der Waals surface area contributed by atoms with Crippen molar-refractivity contribution in [3.05, 3.63) is 71.0 Å². The van der Waals surface area contributed by atoms with Crippen molar-refractivity contribution < 1.29 is 9.53 Å². The number of carbonyl (C=O) groups excluding carboxylic acids is 1. The standard InChI is InChI=1S/C17H14N2O2S/c1-12-5-7-13(8-6-12)16-19-14(11-22-16)10-21-17(20)15-4-2-3-9-18-15/h2-9,11H,10H2,1H3. The SMILES string of the molecule is Cc1ccc(-c2nc(COC(=O)c3ccccn3)cs2)cc1. The van der Waals surface area contributed by atoms with E-state index in [1.165, 1.54) is 16.9 Å². The Balaban J connectivity index is 1.65. The number of thiazole rings is 1. The van der Waals surface area contributed by atoms with Crippen LogP contribution in [-0.2, 0) is 11.3 Å². The third kappa shape index (κ3) is 3.38. The second kappa shape index (κ2) is 6.49. The van der Waals surface area contributed by atoms with Gasteiger partial charge >= 0.3 is 5.97 Å². The molecule has 4 nitrogen and oxygen atoms in total. The summed E-state index contributed by atoms with van der Waals surface area (Å²) in [4.78, 5) is 20.3. The summed E-state index contributed by atoms with van der Waals surface area (Å²) in [5, 5.41) is 2.82. The molecular weight excluding hydrogens is 296 g/mol. The van der Waals surface area contributed by atoms with Gasteiger partial charge in [-0.05, 0) is 19.1 Å². The molecule has 0 aliphatic carbocycles. The molecule has 22 heavy (non-hydrogen) atoms. The van der Waals surface area contributed by atoms with Gasteiger partial charge in [0, 0.05) is 17.1 Å². The molecule has 0 aliphatic rings. The normalized spacial score (nSPS) is 10.4. The molecule has 2 heterocycles. The van der Waals surface area contributed by atoms with Crippen molar-refractivity contribution in [1.29, 1.82) is 0 Å². The molecular formula is C17H14N2O2S. The van der Waals surface area contributed by atoms with E-state index in [-0.39, 0.29) is 6.61 Å². The fourth-order valence-corrected chi connectivity index (χ4v) is 2.71. The van der Waals surface area contributed by atoms with Crippen LogP contribution in [0, 0.1) is 6.92 Å². The van der Waals surface area contributed by atoms with Crippen molar-refractivity contribution in [1.82, 2.24) is 9.97 Å². The monoisotopic (exact) mass is 310 g/mol. The first kappa shape index (κ1) is 14.4. The molecule has 110 valence electrons. The van der Waals surface area contributed by atoms with Crippen LogP contribution < -0.4 is 0 Å². The third-order valence-electron chi connectivity index (χ3n) is 3.08. The maximum absolute atomic E-state index is 11.8. The van der Waals surface area contributed by atoms with Crippen LogP contribution in [0.2, 0.25) is 0 Å². The van der Waals surface area contributed by atoms with E-state index < -0.39 is 5.97 Å². The first-order valence-corrected chi connectivity index (χ1v) is 7.70. The summed E-state index contributed by atoms with van der Waals surface area (Å²) < 4.78 is 5.23. The Kier molecular flexibility index (Phi) is 4.25. The Bertz CT molecular complexity index is 767. The highest BCUT2D eigenvalue weighted by Crippen LogP contribution is 2.24. The largest absolute Gasteiger partial charge is 0.454 e. The highest BCUT2D eigenvalue weighted by molar-refractivity contribution is 7.13. The number of nitrogens with zero attached hydrogens (tertiary/aromatic N) is 2. The summed E-state index contributed by atoms with van der Waals surface area (Å²) in [5.41, 5.74) is 3.32. The van der Waals surface area contributed by atoms with Gasteiger partial charge in [0.05, 0.1) is 5.69 Å². The number of hydrogen-bond donors (Lipinski definition) is 0. The fourth-order valence-electron chi connectivity index (χ4n) is 1.90. The molecule has 0 aliphatic heterocycles. The van der Waals surface area contributed by atoms with Crippen molar-refractivity contribution in [2.75, 3.05) is 0 Å². The summed E-state index contributed by atoms with van der Waals surface area (Å²) >= 11 is 1.54. The number of pyridine rings is 1. The first-order valence-electron chi connectivity index (χ1n) is 6.82. The molecule has 0 atom stereocenters. The topological polar surface area (TPSA) is 52.1 Å². The molecule has 2 aromatic heterocycles. The van der Waals surface area contributed by atoms with Crippen molar-refractivity contribution >= 4 is 17.3 Å². The molecule has 0 saturated heterocycles. The molecule has 0 bridgehead atoms. The number of rotatable bonds is 4. The number of aromatic nitrogens is 2. The van der Waals surface area contributed by atoms with Gasteiger partial charge in [0.15, 0.2) is 0 Å². The van der Waals surface area contributed by atoms with Crippen molar-refractivity contribution in [2.45, 2.75) is 13.5 Å². The predicted octanol–water partition coefficient (Wildman–Crippen LogP) is 3.87. The number of benzene rings is 1. The molecule has 0 N–H and O–H groups in total. The summed E-state index contributed by atoms with van der Waals surface area (Å²) in [6.07, 6.45) is 1.56. The lowest BCUT2D eigenvalue weighted by Gasteiger charge is -2.01. The second-order valence-corrected chi connectivity index (χ2v) is 5.66. The van der Waals surface area contributed by atoms with Gasteiger partial charge in [0.25, 0.3) is 0 Å². The number of ether oxygens (including phenoxy) is 1. The highest BCUT2D eigenvalue weighted by Gasteiger charge is 2.10. The Labute approximate surface area is 132 Å². The first-order chi connectivity index (χ1) is 10.7. The number of esters is 1. The number of aryl methyl sites for hydroxylation is 1. The lowest BCUT2D eigenvalue weighted by molar-refractivity contribution is 0.0461. The molecule has 0 fully saturated rings. The van der Waals surface area contributed by atoms with Gasteiger partial charge in [-0.15, -0.1) is 11.3 Å². The Hall–Kier alpha value is -2.53. The molecule has 0 radical (unpaired) electrons. The van der Waals surface area contributed by atoms with Gasteiger partial charge in [-0.2, -0.15) is 0 Å². The van der Waals surface area contributed by atoms with E-state index in [2.05, 4.69) is 22.1 Å². The molecule has 0 spiro atoms. The average molecular weight is 310 g/mol. The lowest BCUT2D eigenvalue weighted by atomic mass is 10.2. The van der Waals surface area contributed by atoms with Crippen molar-refractivity contribution in [3.8, 4) is 10.6 Å². The molecule has 0 amide bonds. The van der Waals surface area contributed by atoms with Crippen LogP contribution in [0.3, 0.4) is 0 Å². The van der Waals surface area contributed by atoms with Crippen LogP contribution in [-0.4, -0.2) is 15.9 Å². The van der Waals surface area contributed by atoms with E-state index in [1.54, 1.807) is 24.4 Å². The Morgan fingerprint density at radius 2 is 2.00 bits per heavy atom. The fraction of sp³-hybridized carbons (Fsp3) is 0.118. The second-order valence-electron chi connectivity index (χ2n) is 4.80. The van der Waals surface area contributed by atoms with E-state index in [9.17, 15) is 4.79 Å². The lowest BCUT2D eigenvalue weighted by Crippen LogP contribution is -2.07. The minimum Gasteiger partial charge on any atom is -0.454 e. The van der Waals surface area contributed by atoms with E-state index >= 15 is 0 Å². The van der Waals surface area contributed by atoms with Gasteiger partial charge in [0.1, 0.15) is 17.3 Å². The minimum atomic E-state index is -0.439. The third-order valence-corrected chi connectivity index (χ3v) is 4.02. The highest BCUT2D eigenvalue weighted by atomic mass is 32.1. The zero-order valence-corrected chi connectivity index (χ0v) is 12.8. The number of hydrogen-bond acceptors (Lipinski definition) is 5. The summed E-state index contributed by atoms with van der Waals surface area (Å²) in [6.45, 7) is 2.20. The van der Waals surface area contributed by atoms with Gasteiger partial charge in [0.2, 0.25) is 0 Å². The van der Waals surface area contributed by atoms with Gasteiger partial charge in [-0.1, -0.05) is 35.9 Å². The van der Waals surface area contributed by atoms with Crippen molar-refractivity contribution in [2.24, 2.45) is 0 Å². The van der Waals surface area contributed by atoms with Gasteiger partial charge in [-0.25, -0.2) is 14.8 Å². The van der Waals surface area contributed by atoms with E-state index in [1.807, 2.05) is 24.4 Å². The van der Waals surface area contributed by atoms with Crippen LogP contribution in [0.1, 0.15) is 21.7 Å². The zero-order chi connectivity index (χ0) is 15.4. The Morgan fingerprint density at radius 3 is 2.73 bits per heavy atom. The van der Waals surface area contributed by atoms with Crippen molar-refractivity contribution in [3.63, 3.8) is 0 Å². The van der Waals surface area contributed by atoms with Crippen LogP contribution in [0.25, 0.3) is 10.6 Å². The van der Waals surface area contributed by atoms with Crippen LogP contribution >= 0.6 is 11.3 Å². The quantitative estimate of drug-likeness (QED) is 0.686. The maximum Gasteiger partial charge on any atom is 0.357 e. The zero-order valence-electron chi connectivity index (χ0n) is 12.0. The van der Waals surface area contributed by atoms with Crippen LogP contribution in [0.4, 0.5) is 0 Å². The average Bonchev–Trinajstić information content (AvgIpc) is 3.03. The molecule has 3 rings (SSSR count). The summed E-state index contributed by atoms with van der Waals surface area (Å²) in [5.74, 6) is -0.439. The smallest absolute Gasteiger partial charge is 0.357 e. The molecule has 5 heteroatoms. The molecule has 0 saturated carbocycles. The molecule has 1 aromatic carbocycles. The predicted molar refractivity (Wildman–Crippen MR) is 85.6 cm³/mol. The van der Waals surface area contributed by atoms with E-state index in [4.69, 9.17) is 4.74 Å². The Morgan fingerprint density at radius 1 is 1.18 bits per heavy atom. The number of carbonyl (C=O) groups is 1. The van der Waals surface area contributed by atoms with Gasteiger partial charge in [-0.3, -0.25) is 0 Å². The summed E-state index contributed by atoms with van der Waals surface area (Å²) in [6, 6.07) is 13.3. The summed E-state index contributed by atoms with van der Waals surface area (Å²) in [7, 11) is 0. The molecule has 0 unspecified atom stereocenters. The molecule has 3 aromatic rings. The maximum atomic E-state index is 11.8. The minimum absolute atomic E-state index is 0.151. The van der Waals surface area contributed by atoms with Crippen LogP contribution in [0.5, 0.6) is 0 Å². The van der Waals surface area contributed by atoms with Crippen LogP contribution in [0.15, 0.2) is 54.0 Å². The van der Waals surface area contributed by atoms with Gasteiger partial charge < -0.3 is 4.74 Å².